The number of thioether (sulfide) groups is 1. The van der Waals surface area contributed by atoms with Gasteiger partial charge in [-0.25, -0.2) is 0 Å². The van der Waals surface area contributed by atoms with Crippen LogP contribution in [0.1, 0.15) is 64.2 Å². The molecular formula is C14H21NS. The van der Waals surface area contributed by atoms with Crippen LogP contribution in [0.5, 0.6) is 0 Å². The van der Waals surface area contributed by atoms with Gasteiger partial charge >= 0.3 is 0 Å². The van der Waals surface area contributed by atoms with Crippen LogP contribution in [0.15, 0.2) is 0 Å². The van der Waals surface area contributed by atoms with E-state index < -0.39 is 0 Å². The second-order valence-electron chi connectivity index (χ2n) is 6.19. The van der Waals surface area contributed by atoms with Crippen LogP contribution < -0.4 is 0 Å². The minimum atomic E-state index is 0.0271. The summed E-state index contributed by atoms with van der Waals surface area (Å²) in [7, 11) is 0. The highest BCUT2D eigenvalue weighted by atomic mass is 32.2. The molecule has 3 aliphatic rings. The Morgan fingerprint density at radius 2 is 1.62 bits per heavy atom. The summed E-state index contributed by atoms with van der Waals surface area (Å²) in [4.78, 5) is 0. The van der Waals surface area contributed by atoms with Crippen LogP contribution in [0.4, 0.5) is 0 Å². The normalized spacial score (nSPS) is 31.4. The molecule has 0 heterocycles. The summed E-state index contributed by atoms with van der Waals surface area (Å²) >= 11 is 2.04. The molecule has 0 aromatic carbocycles. The van der Waals surface area contributed by atoms with Crippen LogP contribution in [0.3, 0.4) is 0 Å². The first kappa shape index (κ1) is 11.0. The van der Waals surface area contributed by atoms with Crippen LogP contribution >= 0.6 is 11.8 Å². The summed E-state index contributed by atoms with van der Waals surface area (Å²) in [6.07, 6.45) is 13.6. The molecular weight excluding hydrogens is 214 g/mol. The molecule has 2 heteroatoms. The highest BCUT2D eigenvalue weighted by Crippen LogP contribution is 2.63. The topological polar surface area (TPSA) is 23.8 Å². The van der Waals surface area contributed by atoms with Crippen molar-refractivity contribution >= 4 is 11.8 Å². The van der Waals surface area contributed by atoms with Crippen LogP contribution in [0, 0.1) is 16.7 Å². The van der Waals surface area contributed by atoms with Gasteiger partial charge in [-0.1, -0.05) is 25.7 Å². The molecule has 3 fully saturated rings. The molecule has 0 bridgehead atoms. The van der Waals surface area contributed by atoms with Crippen molar-refractivity contribution in [3.63, 3.8) is 0 Å². The van der Waals surface area contributed by atoms with Gasteiger partial charge in [-0.15, -0.1) is 11.8 Å². The van der Waals surface area contributed by atoms with Crippen molar-refractivity contribution in [3.8, 4) is 6.07 Å². The quantitative estimate of drug-likeness (QED) is 0.713. The third-order valence-corrected chi connectivity index (χ3v) is 6.52. The highest BCUT2D eigenvalue weighted by Gasteiger charge is 2.56. The van der Waals surface area contributed by atoms with Gasteiger partial charge in [0.1, 0.15) is 4.75 Å². The molecule has 1 nitrogen and oxygen atoms in total. The molecule has 0 aromatic rings. The number of nitriles is 1. The van der Waals surface area contributed by atoms with Crippen molar-refractivity contribution in [2.45, 2.75) is 74.2 Å². The molecule has 0 atom stereocenters. The average Bonchev–Trinajstić information content (AvgIpc) is 2.87. The van der Waals surface area contributed by atoms with E-state index in [9.17, 15) is 5.26 Å². The first-order valence-corrected chi connectivity index (χ1v) is 7.73. The molecule has 0 unspecified atom stereocenters. The average molecular weight is 235 g/mol. The Kier molecular flexibility index (Phi) is 2.70. The lowest BCUT2D eigenvalue weighted by atomic mass is 9.61. The van der Waals surface area contributed by atoms with Gasteiger partial charge in [0.15, 0.2) is 0 Å². The fourth-order valence-corrected chi connectivity index (χ4v) is 6.19. The van der Waals surface area contributed by atoms with E-state index in [1.807, 2.05) is 11.8 Å². The van der Waals surface area contributed by atoms with E-state index in [-0.39, 0.29) is 4.75 Å². The predicted molar refractivity (Wildman–Crippen MR) is 68.3 cm³/mol. The Morgan fingerprint density at radius 1 is 1.00 bits per heavy atom. The van der Waals surface area contributed by atoms with Gasteiger partial charge in [0.2, 0.25) is 0 Å². The van der Waals surface area contributed by atoms with Gasteiger partial charge in [-0.3, -0.25) is 0 Å². The second kappa shape index (κ2) is 3.95. The van der Waals surface area contributed by atoms with Crippen LogP contribution in [-0.2, 0) is 0 Å². The summed E-state index contributed by atoms with van der Waals surface area (Å²) in [6, 6.07) is 2.66. The molecule has 3 saturated carbocycles. The molecule has 3 rings (SSSR count). The van der Waals surface area contributed by atoms with Crippen LogP contribution in [0.25, 0.3) is 0 Å². The SMILES string of the molecule is N#CC1(SC2CCCC2)CC2(CCCC2)C1. The molecule has 0 aliphatic heterocycles. The Bertz CT molecular complexity index is 292. The molecule has 0 amide bonds. The highest BCUT2D eigenvalue weighted by molar-refractivity contribution is 8.01. The van der Waals surface area contributed by atoms with E-state index in [0.29, 0.717) is 5.41 Å². The largest absolute Gasteiger partial charge is 0.197 e. The van der Waals surface area contributed by atoms with E-state index in [0.717, 1.165) is 5.25 Å². The van der Waals surface area contributed by atoms with Gasteiger partial charge < -0.3 is 0 Å². The summed E-state index contributed by atoms with van der Waals surface area (Å²) in [5.74, 6) is 0. The first-order valence-electron chi connectivity index (χ1n) is 6.85. The standard InChI is InChI=1S/C14H21NS/c15-11-14(16-12-5-1-2-6-12)9-13(10-14)7-3-4-8-13/h12H,1-10H2. The Balaban J connectivity index is 1.61. The molecule has 3 aliphatic carbocycles. The van der Waals surface area contributed by atoms with Crippen molar-refractivity contribution in [1.29, 1.82) is 5.26 Å². The Labute approximate surface area is 103 Å². The summed E-state index contributed by atoms with van der Waals surface area (Å²) in [5, 5.41) is 10.3. The van der Waals surface area contributed by atoms with E-state index in [4.69, 9.17) is 0 Å². The third kappa shape index (κ3) is 1.78. The zero-order chi connectivity index (χ0) is 11.1. The molecule has 0 radical (unpaired) electrons. The fraction of sp³-hybridized carbons (Fsp3) is 0.929. The van der Waals surface area contributed by atoms with Gasteiger partial charge in [0.05, 0.1) is 6.07 Å². The third-order valence-electron chi connectivity index (χ3n) is 4.88. The number of hydrogen-bond acceptors (Lipinski definition) is 2. The van der Waals surface area contributed by atoms with E-state index >= 15 is 0 Å². The Morgan fingerprint density at radius 3 is 2.19 bits per heavy atom. The minimum Gasteiger partial charge on any atom is -0.197 e. The van der Waals surface area contributed by atoms with Crippen molar-refractivity contribution in [1.82, 2.24) is 0 Å². The van der Waals surface area contributed by atoms with Crippen molar-refractivity contribution < 1.29 is 0 Å². The molecule has 88 valence electrons. The lowest BCUT2D eigenvalue weighted by Gasteiger charge is -2.51. The zero-order valence-corrected chi connectivity index (χ0v) is 10.8. The molecule has 1 spiro atoms. The van der Waals surface area contributed by atoms with E-state index in [1.165, 1.54) is 64.2 Å². The van der Waals surface area contributed by atoms with Gasteiger partial charge in [0, 0.05) is 5.25 Å². The number of hydrogen-bond donors (Lipinski definition) is 0. The fourth-order valence-electron chi connectivity index (χ4n) is 4.15. The molecule has 0 N–H and O–H groups in total. The maximum Gasteiger partial charge on any atom is 0.104 e. The van der Waals surface area contributed by atoms with E-state index in [1.54, 1.807) is 0 Å². The summed E-state index contributed by atoms with van der Waals surface area (Å²) < 4.78 is 0.0271. The molecule has 0 saturated heterocycles. The Hall–Kier alpha value is -0.160. The smallest absolute Gasteiger partial charge is 0.104 e. The van der Waals surface area contributed by atoms with E-state index in [2.05, 4.69) is 6.07 Å². The number of nitrogens with zero attached hydrogens (tertiary/aromatic N) is 1. The van der Waals surface area contributed by atoms with Crippen LogP contribution in [0.2, 0.25) is 0 Å². The predicted octanol–water partition coefficient (Wildman–Crippen LogP) is 4.28. The second-order valence-corrected chi connectivity index (χ2v) is 7.87. The van der Waals surface area contributed by atoms with Gasteiger partial charge in [-0.05, 0) is 43.9 Å². The molecule has 0 aromatic heterocycles. The molecule has 16 heavy (non-hydrogen) atoms. The maximum atomic E-state index is 9.47. The van der Waals surface area contributed by atoms with Crippen molar-refractivity contribution in [3.05, 3.63) is 0 Å². The monoisotopic (exact) mass is 235 g/mol. The van der Waals surface area contributed by atoms with Crippen molar-refractivity contribution in [2.24, 2.45) is 5.41 Å². The summed E-state index contributed by atoms with van der Waals surface area (Å²) in [5.41, 5.74) is 0.612. The zero-order valence-electron chi connectivity index (χ0n) is 10.0. The lowest BCUT2D eigenvalue weighted by Crippen LogP contribution is -2.48. The lowest BCUT2D eigenvalue weighted by molar-refractivity contribution is 0.119. The maximum absolute atomic E-state index is 9.47. The minimum absolute atomic E-state index is 0.0271. The van der Waals surface area contributed by atoms with Crippen LogP contribution in [-0.4, -0.2) is 10.00 Å². The first-order chi connectivity index (χ1) is 7.76. The summed E-state index contributed by atoms with van der Waals surface area (Å²) in [6.45, 7) is 0. The van der Waals surface area contributed by atoms with Gasteiger partial charge in [0.25, 0.3) is 0 Å². The number of rotatable bonds is 2. The van der Waals surface area contributed by atoms with Crippen molar-refractivity contribution in [2.75, 3.05) is 0 Å². The van der Waals surface area contributed by atoms with Gasteiger partial charge in [-0.2, -0.15) is 5.26 Å².